The predicted molar refractivity (Wildman–Crippen MR) is 148 cm³/mol. The second kappa shape index (κ2) is 7.41. The zero-order valence-electron chi connectivity index (χ0n) is 19.4. The van der Waals surface area contributed by atoms with Gasteiger partial charge in [0.25, 0.3) is 0 Å². The van der Waals surface area contributed by atoms with Crippen LogP contribution in [0.15, 0.2) is 97.1 Å². The summed E-state index contributed by atoms with van der Waals surface area (Å²) in [6, 6.07) is 35.8. The minimum absolute atomic E-state index is 0.995. The molecule has 0 saturated heterocycles. The molecule has 1 aliphatic rings. The van der Waals surface area contributed by atoms with E-state index in [1.807, 2.05) is 11.3 Å². The SMILES string of the molecule is Cc1cc2c(c(-c3c(-c4ccccc4)ccc4sc5ccccc5c34)c1C)Cc1ccccc1-2. The van der Waals surface area contributed by atoms with Gasteiger partial charge in [0, 0.05) is 20.2 Å². The Morgan fingerprint density at radius 3 is 2.26 bits per heavy atom. The topological polar surface area (TPSA) is 0 Å². The van der Waals surface area contributed by atoms with E-state index >= 15 is 0 Å². The smallest absolute Gasteiger partial charge is 0.0362 e. The van der Waals surface area contributed by atoms with Crippen molar-refractivity contribution in [3.05, 3.63) is 119 Å². The van der Waals surface area contributed by atoms with Crippen molar-refractivity contribution in [1.29, 1.82) is 0 Å². The first-order valence-electron chi connectivity index (χ1n) is 11.9. The van der Waals surface area contributed by atoms with Crippen molar-refractivity contribution >= 4 is 31.5 Å². The van der Waals surface area contributed by atoms with E-state index < -0.39 is 0 Å². The second-order valence-electron chi connectivity index (χ2n) is 9.38. The molecule has 0 aliphatic heterocycles. The Hall–Kier alpha value is -3.68. The molecule has 6 aromatic rings. The molecule has 7 rings (SSSR count). The summed E-state index contributed by atoms with van der Waals surface area (Å²) in [6.07, 6.45) is 0.995. The van der Waals surface area contributed by atoms with Crippen molar-refractivity contribution in [3.8, 4) is 33.4 Å². The molecule has 1 aromatic heterocycles. The van der Waals surface area contributed by atoms with Crippen molar-refractivity contribution in [1.82, 2.24) is 0 Å². The highest BCUT2D eigenvalue weighted by Crippen LogP contribution is 2.51. The fourth-order valence-corrected chi connectivity index (χ4v) is 6.91. The lowest BCUT2D eigenvalue weighted by atomic mass is 9.83. The third-order valence-electron chi connectivity index (χ3n) is 7.51. The maximum atomic E-state index is 2.41. The minimum atomic E-state index is 0.995. The van der Waals surface area contributed by atoms with Crippen molar-refractivity contribution < 1.29 is 0 Å². The van der Waals surface area contributed by atoms with Gasteiger partial charge in [-0.1, -0.05) is 84.9 Å². The number of rotatable bonds is 2. The minimum Gasteiger partial charge on any atom is -0.135 e. The van der Waals surface area contributed by atoms with Crippen LogP contribution in [0.25, 0.3) is 53.6 Å². The molecule has 1 heterocycles. The molecule has 0 spiro atoms. The third kappa shape index (κ3) is 2.77. The predicted octanol–water partition coefficient (Wildman–Crippen LogP) is 9.58. The molecule has 1 aliphatic carbocycles. The molecule has 1 heteroatoms. The lowest BCUT2D eigenvalue weighted by Gasteiger charge is -2.20. The third-order valence-corrected chi connectivity index (χ3v) is 8.64. The van der Waals surface area contributed by atoms with Crippen LogP contribution in [0.3, 0.4) is 0 Å². The molecule has 0 nitrogen and oxygen atoms in total. The normalized spacial score (nSPS) is 12.3. The number of hydrogen-bond donors (Lipinski definition) is 0. The van der Waals surface area contributed by atoms with E-state index in [2.05, 4.69) is 111 Å². The second-order valence-corrected chi connectivity index (χ2v) is 10.5. The molecule has 0 unspecified atom stereocenters. The average Bonchev–Trinajstić information content (AvgIpc) is 3.43. The number of fused-ring (bicyclic) bond motifs is 6. The summed E-state index contributed by atoms with van der Waals surface area (Å²) in [6.45, 7) is 4.59. The first kappa shape index (κ1) is 19.8. The van der Waals surface area contributed by atoms with Crippen LogP contribution in [0, 0.1) is 13.8 Å². The maximum Gasteiger partial charge on any atom is 0.0362 e. The van der Waals surface area contributed by atoms with Crippen LogP contribution in [0.1, 0.15) is 22.3 Å². The summed E-state index contributed by atoms with van der Waals surface area (Å²) >= 11 is 1.91. The van der Waals surface area contributed by atoms with Gasteiger partial charge in [-0.15, -0.1) is 11.3 Å². The van der Waals surface area contributed by atoms with Gasteiger partial charge in [-0.25, -0.2) is 0 Å². The number of thiophene rings is 1. The Bertz CT molecular complexity index is 1730. The number of hydrogen-bond acceptors (Lipinski definition) is 1. The Kier molecular flexibility index (Phi) is 4.31. The van der Waals surface area contributed by atoms with Crippen LogP contribution < -0.4 is 0 Å². The first-order valence-corrected chi connectivity index (χ1v) is 12.7. The number of benzene rings is 5. The maximum absolute atomic E-state index is 2.41. The summed E-state index contributed by atoms with van der Waals surface area (Å²) in [5.74, 6) is 0. The summed E-state index contributed by atoms with van der Waals surface area (Å²) in [7, 11) is 0. The fourth-order valence-electron chi connectivity index (χ4n) is 5.79. The summed E-state index contributed by atoms with van der Waals surface area (Å²) in [4.78, 5) is 0. The molecule has 0 bridgehead atoms. The largest absolute Gasteiger partial charge is 0.135 e. The molecule has 5 aromatic carbocycles. The van der Waals surface area contributed by atoms with Gasteiger partial charge in [0.2, 0.25) is 0 Å². The van der Waals surface area contributed by atoms with Gasteiger partial charge >= 0.3 is 0 Å². The standard InChI is InChI=1S/C33H24S/c1-20-18-27-24-13-7-6-12-23(24)19-28(27)31(21(20)2)33-25(22-10-4-3-5-11-22)16-17-30-32(33)26-14-8-9-15-29(26)34-30/h3-18H,19H2,1-2H3. The van der Waals surface area contributed by atoms with E-state index in [0.29, 0.717) is 0 Å². The summed E-state index contributed by atoms with van der Waals surface area (Å²) in [5, 5.41) is 2.76. The van der Waals surface area contributed by atoms with Crippen molar-refractivity contribution in [2.45, 2.75) is 20.3 Å². The van der Waals surface area contributed by atoms with Gasteiger partial charge < -0.3 is 0 Å². The van der Waals surface area contributed by atoms with E-state index in [9.17, 15) is 0 Å². The van der Waals surface area contributed by atoms with Crippen LogP contribution in [-0.2, 0) is 6.42 Å². The Labute approximate surface area is 204 Å². The van der Waals surface area contributed by atoms with E-state index in [-0.39, 0.29) is 0 Å². The zero-order chi connectivity index (χ0) is 22.8. The van der Waals surface area contributed by atoms with Crippen LogP contribution in [0.5, 0.6) is 0 Å². The molecular formula is C33H24S. The van der Waals surface area contributed by atoms with Gasteiger partial charge in [0.15, 0.2) is 0 Å². The van der Waals surface area contributed by atoms with Crippen molar-refractivity contribution in [3.63, 3.8) is 0 Å². The Morgan fingerprint density at radius 2 is 1.38 bits per heavy atom. The Morgan fingerprint density at radius 1 is 0.618 bits per heavy atom. The highest BCUT2D eigenvalue weighted by atomic mass is 32.1. The van der Waals surface area contributed by atoms with Gasteiger partial charge in [0.05, 0.1) is 0 Å². The molecule has 0 fully saturated rings. The fraction of sp³-hybridized carbons (Fsp3) is 0.0909. The van der Waals surface area contributed by atoms with Crippen molar-refractivity contribution in [2.75, 3.05) is 0 Å². The van der Waals surface area contributed by atoms with E-state index in [1.165, 1.54) is 75.8 Å². The Balaban J connectivity index is 1.67. The van der Waals surface area contributed by atoms with E-state index in [4.69, 9.17) is 0 Å². The van der Waals surface area contributed by atoms with Crippen LogP contribution in [-0.4, -0.2) is 0 Å². The molecule has 0 amide bonds. The van der Waals surface area contributed by atoms with Gasteiger partial charge in [-0.2, -0.15) is 0 Å². The van der Waals surface area contributed by atoms with Crippen LogP contribution in [0.4, 0.5) is 0 Å². The molecular weight excluding hydrogens is 428 g/mol. The summed E-state index contributed by atoms with van der Waals surface area (Å²) in [5.41, 5.74) is 13.9. The van der Waals surface area contributed by atoms with Gasteiger partial charge in [-0.3, -0.25) is 0 Å². The lowest BCUT2D eigenvalue weighted by molar-refractivity contribution is 1.23. The van der Waals surface area contributed by atoms with Gasteiger partial charge in [0.1, 0.15) is 0 Å². The zero-order valence-corrected chi connectivity index (χ0v) is 20.2. The molecule has 0 saturated carbocycles. The highest BCUT2D eigenvalue weighted by molar-refractivity contribution is 7.26. The molecule has 162 valence electrons. The van der Waals surface area contributed by atoms with E-state index in [1.54, 1.807) is 0 Å². The van der Waals surface area contributed by atoms with Gasteiger partial charge in [-0.05, 0) is 88.0 Å². The summed E-state index contributed by atoms with van der Waals surface area (Å²) < 4.78 is 2.72. The molecule has 0 radical (unpaired) electrons. The molecule has 34 heavy (non-hydrogen) atoms. The van der Waals surface area contributed by atoms with Crippen molar-refractivity contribution in [2.24, 2.45) is 0 Å². The first-order chi connectivity index (χ1) is 16.7. The molecule has 0 atom stereocenters. The molecule has 0 N–H and O–H groups in total. The van der Waals surface area contributed by atoms with Crippen LogP contribution >= 0.6 is 11.3 Å². The highest BCUT2D eigenvalue weighted by Gasteiger charge is 2.27. The van der Waals surface area contributed by atoms with Crippen LogP contribution in [0.2, 0.25) is 0 Å². The van der Waals surface area contributed by atoms with E-state index in [0.717, 1.165) is 6.42 Å². The quantitative estimate of drug-likeness (QED) is 0.245. The monoisotopic (exact) mass is 452 g/mol. The lowest BCUT2D eigenvalue weighted by Crippen LogP contribution is -1.98. The number of aryl methyl sites for hydroxylation is 1. The average molecular weight is 453 g/mol.